The quantitative estimate of drug-likeness (QED) is 0.191. The van der Waals surface area contributed by atoms with Crippen molar-refractivity contribution in [2.45, 2.75) is 13.0 Å². The number of nitrogens with zero attached hydrogens (tertiary/aromatic N) is 2. The number of esters is 1. The van der Waals surface area contributed by atoms with Crippen LogP contribution in [0.1, 0.15) is 29.9 Å². The Hall–Kier alpha value is -4.37. The number of furan rings is 1. The van der Waals surface area contributed by atoms with Gasteiger partial charge in [0.15, 0.2) is 4.80 Å². The van der Waals surface area contributed by atoms with E-state index < -0.39 is 12.0 Å². The monoisotopic (exact) mass is 630 g/mol. The second-order valence-corrected chi connectivity index (χ2v) is 11.4. The van der Waals surface area contributed by atoms with Gasteiger partial charge in [-0.05, 0) is 55.0 Å². The van der Waals surface area contributed by atoms with Gasteiger partial charge in [-0.3, -0.25) is 9.36 Å². The number of methoxy groups -OCH3 is 1. The van der Waals surface area contributed by atoms with Crippen LogP contribution in [0.3, 0.4) is 0 Å². The molecule has 1 atom stereocenters. The molecule has 0 saturated carbocycles. The van der Waals surface area contributed by atoms with Crippen LogP contribution in [0.4, 0.5) is 0 Å². The largest absolute Gasteiger partial charge is 0.497 e. The summed E-state index contributed by atoms with van der Waals surface area (Å²) >= 11 is 13.6. The fourth-order valence-corrected chi connectivity index (χ4v) is 6.42. The molecule has 5 aromatic rings. The predicted octanol–water partition coefficient (Wildman–Crippen LogP) is 6.51. The number of thiazole rings is 1. The highest BCUT2D eigenvalue weighted by Crippen LogP contribution is 2.36. The first-order chi connectivity index (χ1) is 20.9. The van der Waals surface area contributed by atoms with Crippen LogP contribution in [0.15, 0.2) is 105 Å². The van der Waals surface area contributed by atoms with E-state index in [4.69, 9.17) is 42.1 Å². The highest BCUT2D eigenvalue weighted by molar-refractivity contribution is 7.07. The zero-order valence-corrected chi connectivity index (χ0v) is 25.4. The van der Waals surface area contributed by atoms with Crippen molar-refractivity contribution in [2.75, 3.05) is 13.7 Å². The molecular weight excluding hydrogens is 607 g/mol. The normalized spacial score (nSPS) is 14.8. The first-order valence-electron chi connectivity index (χ1n) is 13.4. The van der Waals surface area contributed by atoms with E-state index in [2.05, 4.69) is 0 Å². The molecule has 0 fully saturated rings. The number of benzene rings is 3. The Balaban J connectivity index is 1.55. The van der Waals surface area contributed by atoms with Gasteiger partial charge in [0.05, 0.1) is 40.6 Å². The minimum Gasteiger partial charge on any atom is -0.497 e. The van der Waals surface area contributed by atoms with E-state index in [9.17, 15) is 9.59 Å². The van der Waals surface area contributed by atoms with Crippen LogP contribution in [0.2, 0.25) is 10.0 Å². The SMILES string of the molecule is CCOC(=O)C1=C(c2ccccc2)N=c2s/c(=C\c3ccc(-c4ccc(Cl)cc4Cl)o3)c(=O)n2[C@H]1c1ccc(OC)cc1. The van der Waals surface area contributed by atoms with Crippen LogP contribution in [0, 0.1) is 0 Å². The number of hydrogen-bond donors (Lipinski definition) is 0. The van der Waals surface area contributed by atoms with E-state index in [1.807, 2.05) is 42.5 Å². The Labute approximate surface area is 260 Å². The van der Waals surface area contributed by atoms with Crippen molar-refractivity contribution >= 4 is 52.3 Å². The standard InChI is InChI=1S/C33H24Cl2N2O5S/c1-3-41-32(39)28-29(19-7-5-4-6-8-19)36-33-37(30(28)20-9-12-22(40-2)13-10-20)31(38)27(43-33)18-23-14-16-26(42-23)24-15-11-21(34)17-25(24)35/h4-18,30H,3H2,1-2H3/b27-18-/t30-/m0/s1. The predicted molar refractivity (Wildman–Crippen MR) is 168 cm³/mol. The molecule has 0 spiro atoms. The fraction of sp³-hybridized carbons (Fsp3) is 0.121. The summed E-state index contributed by atoms with van der Waals surface area (Å²) in [6.45, 7) is 1.91. The van der Waals surface area contributed by atoms with E-state index in [-0.39, 0.29) is 17.7 Å². The minimum atomic E-state index is -0.793. The Morgan fingerprint density at radius 1 is 1.05 bits per heavy atom. The Morgan fingerprint density at radius 2 is 1.81 bits per heavy atom. The van der Waals surface area contributed by atoms with Gasteiger partial charge in [0.1, 0.15) is 17.3 Å². The molecule has 0 radical (unpaired) electrons. The second kappa shape index (κ2) is 12.1. The van der Waals surface area contributed by atoms with Gasteiger partial charge in [-0.2, -0.15) is 0 Å². The van der Waals surface area contributed by atoms with Gasteiger partial charge < -0.3 is 13.9 Å². The van der Waals surface area contributed by atoms with Crippen LogP contribution in [0.25, 0.3) is 23.1 Å². The van der Waals surface area contributed by atoms with Gasteiger partial charge in [-0.25, -0.2) is 9.79 Å². The average molecular weight is 632 g/mol. The first-order valence-corrected chi connectivity index (χ1v) is 14.9. The molecule has 0 amide bonds. The molecule has 0 N–H and O–H groups in total. The molecular formula is C33H24Cl2N2O5S. The summed E-state index contributed by atoms with van der Waals surface area (Å²) in [5.41, 5.74) is 2.52. The minimum absolute atomic E-state index is 0.169. The van der Waals surface area contributed by atoms with Crippen molar-refractivity contribution in [1.82, 2.24) is 4.57 Å². The van der Waals surface area contributed by atoms with Crippen molar-refractivity contribution in [2.24, 2.45) is 4.99 Å². The van der Waals surface area contributed by atoms with Crippen molar-refractivity contribution < 1.29 is 18.7 Å². The lowest BCUT2D eigenvalue weighted by atomic mass is 9.93. The third-order valence-electron chi connectivity index (χ3n) is 6.90. The number of aromatic nitrogens is 1. The van der Waals surface area contributed by atoms with E-state index in [0.29, 0.717) is 53.5 Å². The zero-order valence-electron chi connectivity index (χ0n) is 23.0. The summed E-state index contributed by atoms with van der Waals surface area (Å²) in [4.78, 5) is 32.9. The number of ether oxygens (including phenoxy) is 2. The lowest BCUT2D eigenvalue weighted by molar-refractivity contribution is -0.138. The highest BCUT2D eigenvalue weighted by atomic mass is 35.5. The number of carbonyl (C=O) groups is 1. The van der Waals surface area contributed by atoms with Gasteiger partial charge in [-0.1, -0.05) is 77.0 Å². The summed E-state index contributed by atoms with van der Waals surface area (Å²) < 4.78 is 18.8. The maximum absolute atomic E-state index is 14.1. The molecule has 0 unspecified atom stereocenters. The molecule has 10 heteroatoms. The second-order valence-electron chi connectivity index (χ2n) is 9.53. The lowest BCUT2D eigenvalue weighted by Gasteiger charge is -2.26. The summed E-state index contributed by atoms with van der Waals surface area (Å²) in [7, 11) is 1.58. The molecule has 216 valence electrons. The molecule has 43 heavy (non-hydrogen) atoms. The number of fused-ring (bicyclic) bond motifs is 1. The molecule has 0 bridgehead atoms. The maximum atomic E-state index is 14.1. The van der Waals surface area contributed by atoms with Crippen LogP contribution in [-0.2, 0) is 9.53 Å². The topological polar surface area (TPSA) is 83.0 Å². The molecule has 0 aliphatic carbocycles. The van der Waals surface area contributed by atoms with Crippen molar-refractivity contribution in [3.05, 3.63) is 137 Å². The number of hydrogen-bond acceptors (Lipinski definition) is 7. The molecule has 7 nitrogen and oxygen atoms in total. The zero-order chi connectivity index (χ0) is 30.1. The van der Waals surface area contributed by atoms with Crippen molar-refractivity contribution in [3.8, 4) is 17.1 Å². The Bertz CT molecular complexity index is 2040. The van der Waals surface area contributed by atoms with Crippen LogP contribution in [-0.4, -0.2) is 24.3 Å². The van der Waals surface area contributed by atoms with E-state index in [1.165, 1.54) is 15.9 Å². The van der Waals surface area contributed by atoms with E-state index in [0.717, 1.165) is 5.56 Å². The van der Waals surface area contributed by atoms with E-state index >= 15 is 0 Å². The van der Waals surface area contributed by atoms with E-state index in [1.54, 1.807) is 62.6 Å². The third-order valence-corrected chi connectivity index (χ3v) is 8.43. The van der Waals surface area contributed by atoms with Gasteiger partial charge >= 0.3 is 5.97 Å². The highest BCUT2D eigenvalue weighted by Gasteiger charge is 2.35. The summed E-state index contributed by atoms with van der Waals surface area (Å²) in [5.74, 6) is 1.10. The Kier molecular flexibility index (Phi) is 8.08. The third kappa shape index (κ3) is 5.57. The van der Waals surface area contributed by atoms with Gasteiger partial charge in [0, 0.05) is 22.2 Å². The van der Waals surface area contributed by atoms with Crippen molar-refractivity contribution in [3.63, 3.8) is 0 Å². The smallest absolute Gasteiger partial charge is 0.338 e. The molecule has 0 saturated heterocycles. The molecule has 2 aromatic heterocycles. The lowest BCUT2D eigenvalue weighted by Crippen LogP contribution is -2.40. The molecule has 1 aliphatic rings. The van der Waals surface area contributed by atoms with Gasteiger partial charge in [-0.15, -0.1) is 0 Å². The molecule has 6 rings (SSSR count). The number of halogens is 2. The summed E-state index contributed by atoms with van der Waals surface area (Å²) in [5, 5.41) is 0.970. The van der Waals surface area contributed by atoms with Crippen LogP contribution >= 0.6 is 34.5 Å². The number of rotatable bonds is 7. The van der Waals surface area contributed by atoms with Crippen LogP contribution in [0.5, 0.6) is 5.75 Å². The average Bonchev–Trinajstić information content (AvgIpc) is 3.60. The first kappa shape index (κ1) is 28.7. The number of carbonyl (C=O) groups excluding carboxylic acids is 1. The summed E-state index contributed by atoms with van der Waals surface area (Å²) in [6.07, 6.45) is 1.67. The fourth-order valence-electron chi connectivity index (χ4n) is 4.94. The van der Waals surface area contributed by atoms with Crippen molar-refractivity contribution in [1.29, 1.82) is 0 Å². The molecule has 3 aromatic carbocycles. The Morgan fingerprint density at radius 3 is 2.51 bits per heavy atom. The maximum Gasteiger partial charge on any atom is 0.338 e. The van der Waals surface area contributed by atoms with Crippen LogP contribution < -0.4 is 19.6 Å². The molecule has 1 aliphatic heterocycles. The molecule has 3 heterocycles. The van der Waals surface area contributed by atoms with Gasteiger partial charge in [0.25, 0.3) is 5.56 Å². The van der Waals surface area contributed by atoms with Gasteiger partial charge in [0.2, 0.25) is 0 Å². The summed E-state index contributed by atoms with van der Waals surface area (Å²) in [6, 6.07) is 24.6.